The number of hydrogen-bond acceptors (Lipinski definition) is 2. The van der Waals surface area contributed by atoms with E-state index in [-0.39, 0.29) is 16.8 Å². The molecule has 0 bridgehead atoms. The van der Waals surface area contributed by atoms with Gasteiger partial charge < -0.3 is 4.74 Å². The third-order valence-corrected chi connectivity index (χ3v) is 2.15. The van der Waals surface area contributed by atoms with Crippen molar-refractivity contribution in [2.45, 2.75) is 6.36 Å². The van der Waals surface area contributed by atoms with Crippen molar-refractivity contribution < 1.29 is 27.0 Å². The summed E-state index contributed by atoms with van der Waals surface area (Å²) < 4.78 is 56.2. The van der Waals surface area contributed by atoms with Crippen LogP contribution < -0.4 is 4.74 Å². The van der Waals surface area contributed by atoms with Crippen LogP contribution in [0, 0.1) is 5.82 Å². The van der Waals surface area contributed by atoms with E-state index in [1.807, 2.05) is 0 Å². The number of hydrogen-bond donors (Lipinski definition) is 0. The van der Waals surface area contributed by atoms with Crippen LogP contribution in [-0.4, -0.2) is 19.6 Å². The third-order valence-electron chi connectivity index (χ3n) is 1.51. The Labute approximate surface area is 97.3 Å². The fourth-order valence-electron chi connectivity index (χ4n) is 0.884. The molecule has 90 valence electrons. The van der Waals surface area contributed by atoms with Gasteiger partial charge in [0.1, 0.15) is 18.2 Å². The standard InChI is InChI=1S/C9H7BrF4O2/c10-7-2-1-6(5-8(7)11)15-3-4-16-9(12,13)14/h1-2,5H,3-4H2. The van der Waals surface area contributed by atoms with Crippen LogP contribution in [0.15, 0.2) is 22.7 Å². The van der Waals surface area contributed by atoms with Crippen molar-refractivity contribution in [3.63, 3.8) is 0 Å². The molecular formula is C9H7BrF4O2. The van der Waals surface area contributed by atoms with Crippen molar-refractivity contribution in [1.29, 1.82) is 0 Å². The Morgan fingerprint density at radius 2 is 1.88 bits per heavy atom. The minimum Gasteiger partial charge on any atom is -0.491 e. The fraction of sp³-hybridized carbons (Fsp3) is 0.333. The predicted octanol–water partition coefficient (Wildman–Crippen LogP) is 3.50. The molecule has 0 heterocycles. The van der Waals surface area contributed by atoms with E-state index in [1.165, 1.54) is 12.1 Å². The molecule has 0 fully saturated rings. The van der Waals surface area contributed by atoms with Gasteiger partial charge in [0, 0.05) is 6.07 Å². The van der Waals surface area contributed by atoms with Crippen molar-refractivity contribution in [3.05, 3.63) is 28.5 Å². The molecule has 0 spiro atoms. The van der Waals surface area contributed by atoms with E-state index in [0.29, 0.717) is 0 Å². The maximum Gasteiger partial charge on any atom is 0.522 e. The number of benzene rings is 1. The molecule has 0 atom stereocenters. The minimum atomic E-state index is -4.67. The minimum absolute atomic E-state index is 0.145. The molecule has 0 N–H and O–H groups in total. The molecule has 0 aliphatic rings. The van der Waals surface area contributed by atoms with Gasteiger partial charge in [-0.25, -0.2) is 4.39 Å². The summed E-state index contributed by atoms with van der Waals surface area (Å²) in [5.41, 5.74) is 0. The van der Waals surface area contributed by atoms with Gasteiger partial charge >= 0.3 is 6.36 Å². The zero-order valence-electron chi connectivity index (χ0n) is 7.85. The average molecular weight is 303 g/mol. The van der Waals surface area contributed by atoms with Crippen LogP contribution in [0.3, 0.4) is 0 Å². The van der Waals surface area contributed by atoms with Gasteiger partial charge in [-0.15, -0.1) is 13.2 Å². The fourth-order valence-corrected chi connectivity index (χ4v) is 1.13. The Morgan fingerprint density at radius 3 is 2.44 bits per heavy atom. The molecule has 1 aromatic carbocycles. The molecule has 16 heavy (non-hydrogen) atoms. The quantitative estimate of drug-likeness (QED) is 0.626. The summed E-state index contributed by atoms with van der Waals surface area (Å²) in [6.45, 7) is -0.943. The Bertz CT molecular complexity index is 354. The molecule has 0 aliphatic carbocycles. The van der Waals surface area contributed by atoms with Gasteiger partial charge in [0.15, 0.2) is 0 Å². The first kappa shape index (κ1) is 13.2. The average Bonchev–Trinajstić information content (AvgIpc) is 2.17. The third kappa shape index (κ3) is 4.80. The van der Waals surface area contributed by atoms with Gasteiger partial charge in [0.05, 0.1) is 11.1 Å². The SMILES string of the molecule is Fc1cc(OCCOC(F)(F)F)ccc1Br. The maximum absolute atomic E-state index is 12.9. The largest absolute Gasteiger partial charge is 0.522 e. The van der Waals surface area contributed by atoms with Crippen molar-refractivity contribution in [1.82, 2.24) is 0 Å². The summed E-state index contributed by atoms with van der Waals surface area (Å²) >= 11 is 2.93. The van der Waals surface area contributed by atoms with Crippen molar-refractivity contribution in [3.8, 4) is 5.75 Å². The second kappa shape index (κ2) is 5.49. The first-order chi connectivity index (χ1) is 7.38. The van der Waals surface area contributed by atoms with E-state index in [9.17, 15) is 17.6 Å². The van der Waals surface area contributed by atoms with Gasteiger partial charge in [-0.05, 0) is 28.1 Å². The smallest absolute Gasteiger partial charge is 0.491 e. The molecule has 1 aromatic rings. The van der Waals surface area contributed by atoms with Crippen molar-refractivity contribution in [2.24, 2.45) is 0 Å². The molecule has 0 amide bonds. The zero-order chi connectivity index (χ0) is 12.2. The first-order valence-electron chi connectivity index (χ1n) is 4.17. The Kier molecular flexibility index (Phi) is 4.55. The van der Waals surface area contributed by atoms with Crippen LogP contribution in [0.1, 0.15) is 0 Å². The molecular weight excluding hydrogens is 296 g/mol. The monoisotopic (exact) mass is 302 g/mol. The van der Waals surface area contributed by atoms with Crippen molar-refractivity contribution in [2.75, 3.05) is 13.2 Å². The number of rotatable bonds is 4. The second-order valence-corrected chi connectivity index (χ2v) is 3.57. The lowest BCUT2D eigenvalue weighted by atomic mass is 10.3. The lowest BCUT2D eigenvalue weighted by Gasteiger charge is -2.09. The molecule has 0 aliphatic heterocycles. The maximum atomic E-state index is 12.9. The summed E-state index contributed by atoms with van der Waals surface area (Å²) in [6, 6.07) is 3.90. The molecule has 0 unspecified atom stereocenters. The van der Waals surface area contributed by atoms with Gasteiger partial charge in [-0.3, -0.25) is 4.74 Å². The predicted molar refractivity (Wildman–Crippen MR) is 51.6 cm³/mol. The molecule has 7 heteroatoms. The van der Waals surface area contributed by atoms with E-state index in [1.54, 1.807) is 0 Å². The van der Waals surface area contributed by atoms with E-state index in [2.05, 4.69) is 20.7 Å². The summed E-state index contributed by atoms with van der Waals surface area (Å²) in [7, 11) is 0. The summed E-state index contributed by atoms with van der Waals surface area (Å²) in [4.78, 5) is 0. The van der Waals surface area contributed by atoms with Gasteiger partial charge in [0.25, 0.3) is 0 Å². The molecule has 0 saturated heterocycles. The van der Waals surface area contributed by atoms with Crippen LogP contribution in [0.25, 0.3) is 0 Å². The van der Waals surface area contributed by atoms with Crippen LogP contribution in [0.5, 0.6) is 5.75 Å². The zero-order valence-corrected chi connectivity index (χ0v) is 9.44. The summed E-state index contributed by atoms with van der Waals surface area (Å²) in [6.07, 6.45) is -4.67. The Balaban J connectivity index is 2.35. The van der Waals surface area contributed by atoms with E-state index < -0.39 is 18.8 Å². The lowest BCUT2D eigenvalue weighted by Crippen LogP contribution is -2.18. The van der Waals surface area contributed by atoms with E-state index in [4.69, 9.17) is 4.74 Å². The topological polar surface area (TPSA) is 18.5 Å². The molecule has 0 radical (unpaired) electrons. The highest BCUT2D eigenvalue weighted by molar-refractivity contribution is 9.10. The second-order valence-electron chi connectivity index (χ2n) is 2.72. The van der Waals surface area contributed by atoms with Gasteiger partial charge in [-0.2, -0.15) is 0 Å². The normalized spacial score (nSPS) is 11.6. The van der Waals surface area contributed by atoms with E-state index in [0.717, 1.165) is 6.07 Å². The molecule has 2 nitrogen and oxygen atoms in total. The molecule has 0 saturated carbocycles. The van der Waals surface area contributed by atoms with Crippen LogP contribution in [0.2, 0.25) is 0 Å². The van der Waals surface area contributed by atoms with E-state index >= 15 is 0 Å². The van der Waals surface area contributed by atoms with Gasteiger partial charge in [-0.1, -0.05) is 0 Å². The highest BCUT2D eigenvalue weighted by Crippen LogP contribution is 2.21. The summed E-state index contributed by atoms with van der Waals surface area (Å²) in [5.74, 6) is -0.402. The summed E-state index contributed by atoms with van der Waals surface area (Å²) in [5, 5.41) is 0. The lowest BCUT2D eigenvalue weighted by molar-refractivity contribution is -0.325. The van der Waals surface area contributed by atoms with Crippen LogP contribution in [0.4, 0.5) is 17.6 Å². The Morgan fingerprint density at radius 1 is 1.19 bits per heavy atom. The highest BCUT2D eigenvalue weighted by atomic mass is 79.9. The van der Waals surface area contributed by atoms with Crippen LogP contribution in [-0.2, 0) is 4.74 Å². The molecule has 0 aromatic heterocycles. The number of halogens is 5. The first-order valence-corrected chi connectivity index (χ1v) is 4.96. The number of ether oxygens (including phenoxy) is 2. The number of alkyl halides is 3. The van der Waals surface area contributed by atoms with Gasteiger partial charge in [0.2, 0.25) is 0 Å². The Hall–Kier alpha value is -0.820. The highest BCUT2D eigenvalue weighted by Gasteiger charge is 2.28. The van der Waals surface area contributed by atoms with Crippen LogP contribution >= 0.6 is 15.9 Å². The molecule has 1 rings (SSSR count). The van der Waals surface area contributed by atoms with Crippen molar-refractivity contribution >= 4 is 15.9 Å².